The maximum absolute atomic E-state index is 12.1. The van der Waals surface area contributed by atoms with E-state index in [0.29, 0.717) is 5.56 Å². The highest BCUT2D eigenvalue weighted by molar-refractivity contribution is 14.1. The molecule has 4 aromatic carbocycles. The van der Waals surface area contributed by atoms with E-state index < -0.39 is 15.5 Å². The zero-order valence-corrected chi connectivity index (χ0v) is 26.3. The quantitative estimate of drug-likeness (QED) is 0.158. The van der Waals surface area contributed by atoms with Crippen molar-refractivity contribution in [3.8, 4) is 0 Å². The highest BCUT2D eigenvalue weighted by Crippen LogP contribution is 2.25. The third kappa shape index (κ3) is 8.61. The number of hydrogen-bond acceptors (Lipinski definition) is 2. The molecule has 194 valence electrons. The molecule has 0 bridgehead atoms. The van der Waals surface area contributed by atoms with Crippen LogP contribution in [-0.2, 0) is 16.6 Å². The maximum Gasteiger partial charge on any atom is 0.511 e. The molecule has 2 N–H and O–H groups in total. The van der Waals surface area contributed by atoms with Crippen molar-refractivity contribution < 1.29 is 26.5 Å². The van der Waals surface area contributed by atoms with Gasteiger partial charge >= 0.3 is 15.5 Å². The fourth-order valence-corrected chi connectivity index (χ4v) is 6.28. The van der Waals surface area contributed by atoms with Gasteiger partial charge in [0.2, 0.25) is 0 Å². The molecule has 0 fully saturated rings. The van der Waals surface area contributed by atoms with Gasteiger partial charge in [-0.2, -0.15) is 13.2 Å². The Bertz CT molecular complexity index is 1310. The molecule has 4 rings (SSSR count). The minimum Gasteiger partial charge on any atom is -0.238 e. The summed E-state index contributed by atoms with van der Waals surface area (Å²) in [6, 6.07) is 35.1. The zero-order chi connectivity index (χ0) is 27.1. The Hall–Kier alpha value is -1.27. The molecular formula is C26H21F3I3N2O2S+. The molecule has 0 heterocycles. The van der Waals surface area contributed by atoms with Crippen LogP contribution < -0.4 is 9.62 Å². The van der Waals surface area contributed by atoms with Crippen molar-refractivity contribution in [2.75, 3.05) is 0 Å². The Balaban J connectivity index is 0.000000206. The number of nitrogens with one attached hydrogen (secondary N) is 2. The van der Waals surface area contributed by atoms with Gasteiger partial charge in [-0.15, -0.1) is 0 Å². The largest absolute Gasteiger partial charge is 0.511 e. The summed E-state index contributed by atoms with van der Waals surface area (Å²) < 4.78 is 62.1. The predicted molar refractivity (Wildman–Crippen MR) is 166 cm³/mol. The molecule has 0 aliphatic rings. The molecule has 37 heavy (non-hydrogen) atoms. The van der Waals surface area contributed by atoms with E-state index in [-0.39, 0.29) is 6.54 Å². The van der Waals surface area contributed by atoms with Gasteiger partial charge in [-0.25, -0.2) is 18.0 Å². The summed E-state index contributed by atoms with van der Waals surface area (Å²) in [7, 11) is -5.30. The van der Waals surface area contributed by atoms with Crippen LogP contribution >= 0.6 is 67.8 Å². The fraction of sp³-hybridized carbons (Fsp3) is 0.0769. The molecule has 0 saturated heterocycles. The van der Waals surface area contributed by atoms with E-state index >= 15 is 0 Å². The first-order valence-electron chi connectivity index (χ1n) is 10.7. The van der Waals surface area contributed by atoms with Crippen molar-refractivity contribution in [1.29, 1.82) is 0 Å². The van der Waals surface area contributed by atoms with Crippen molar-refractivity contribution in [2.24, 2.45) is 0 Å². The van der Waals surface area contributed by atoms with Gasteiger partial charge < -0.3 is 0 Å². The molecule has 4 aromatic rings. The molecule has 0 aliphatic carbocycles. The SMILES string of the molecule is O=S(=O)(NCc1cc(I)cc(I)c1I)C(F)(F)F.c1ccc([NH+](c2ccccc2)c2ccccc2)cc1. The summed E-state index contributed by atoms with van der Waals surface area (Å²) in [4.78, 5) is 1.28. The topological polar surface area (TPSA) is 50.6 Å². The van der Waals surface area contributed by atoms with E-state index in [4.69, 9.17) is 0 Å². The molecule has 0 aliphatic heterocycles. The first kappa shape index (κ1) is 30.3. The van der Waals surface area contributed by atoms with Gasteiger partial charge in [0.15, 0.2) is 0 Å². The Kier molecular flexibility index (Phi) is 11.2. The van der Waals surface area contributed by atoms with E-state index in [1.807, 2.05) is 73.8 Å². The average Bonchev–Trinajstić information content (AvgIpc) is 2.87. The number of hydrogen-bond donors (Lipinski definition) is 2. The van der Waals surface area contributed by atoms with E-state index in [2.05, 4.69) is 91.0 Å². The van der Waals surface area contributed by atoms with Gasteiger partial charge in [-0.05, 0) is 122 Å². The zero-order valence-electron chi connectivity index (χ0n) is 19.0. The second-order valence-electron chi connectivity index (χ2n) is 7.60. The third-order valence-corrected chi connectivity index (χ3v) is 9.93. The Labute approximate surface area is 255 Å². The lowest BCUT2D eigenvalue weighted by Gasteiger charge is -2.18. The third-order valence-electron chi connectivity index (χ3n) is 5.01. The Morgan fingerprint density at radius 3 is 1.49 bits per heavy atom. The van der Waals surface area contributed by atoms with Crippen LogP contribution in [0.1, 0.15) is 5.56 Å². The van der Waals surface area contributed by atoms with Gasteiger partial charge in [0, 0.05) is 17.3 Å². The van der Waals surface area contributed by atoms with Gasteiger partial charge in [-0.3, -0.25) is 0 Å². The monoisotopic (exact) mass is 863 g/mol. The molecule has 0 aromatic heterocycles. The van der Waals surface area contributed by atoms with Crippen molar-refractivity contribution >= 4 is 94.9 Å². The molecule has 0 spiro atoms. The lowest BCUT2D eigenvalue weighted by atomic mass is 10.2. The van der Waals surface area contributed by atoms with E-state index in [0.717, 1.165) is 10.7 Å². The van der Waals surface area contributed by atoms with Crippen LogP contribution in [0, 0.1) is 10.7 Å². The average molecular weight is 863 g/mol. The molecule has 0 saturated carbocycles. The second kappa shape index (κ2) is 13.7. The molecule has 0 unspecified atom stereocenters. The van der Waals surface area contributed by atoms with Crippen molar-refractivity contribution in [3.63, 3.8) is 0 Å². The number of rotatable bonds is 6. The van der Waals surface area contributed by atoms with Gasteiger partial charge in [0.25, 0.3) is 0 Å². The van der Waals surface area contributed by atoms with Gasteiger partial charge in [0.1, 0.15) is 17.1 Å². The molecule has 4 nitrogen and oxygen atoms in total. The lowest BCUT2D eigenvalue weighted by molar-refractivity contribution is -0.681. The number of sulfonamides is 1. The number of benzene rings is 4. The van der Waals surface area contributed by atoms with E-state index in [1.165, 1.54) is 22.0 Å². The van der Waals surface area contributed by atoms with Crippen LogP contribution in [-0.4, -0.2) is 13.9 Å². The van der Waals surface area contributed by atoms with Crippen LogP contribution in [0.15, 0.2) is 103 Å². The standard InChI is InChI=1S/C18H15N.C8H5F3I3NO2S/c1-4-10-16(11-5-1)19(17-12-6-2-7-13-17)18-14-8-3-9-15-18;9-8(10,11)18(16,17)15-3-4-1-5(12)2-6(13)7(4)14/h1-15H;1-2,15H,3H2/p+1. The number of para-hydroxylation sites is 3. The number of quaternary nitrogens is 1. The Morgan fingerprint density at radius 2 is 1.11 bits per heavy atom. The molecule has 11 heteroatoms. The highest BCUT2D eigenvalue weighted by Gasteiger charge is 2.45. The van der Waals surface area contributed by atoms with Gasteiger partial charge in [0.05, 0.1) is 0 Å². The molecule has 0 atom stereocenters. The highest BCUT2D eigenvalue weighted by atomic mass is 127. The predicted octanol–water partition coefficient (Wildman–Crippen LogP) is 7.31. The van der Waals surface area contributed by atoms with E-state index in [1.54, 1.807) is 10.8 Å². The Morgan fingerprint density at radius 1 is 0.703 bits per heavy atom. The van der Waals surface area contributed by atoms with Crippen LogP contribution in [0.2, 0.25) is 0 Å². The first-order chi connectivity index (χ1) is 17.5. The second-order valence-corrected chi connectivity index (χ2v) is 12.8. The van der Waals surface area contributed by atoms with Crippen molar-refractivity contribution in [3.05, 3.63) is 119 Å². The van der Waals surface area contributed by atoms with Crippen molar-refractivity contribution in [2.45, 2.75) is 12.1 Å². The van der Waals surface area contributed by atoms with Crippen LogP contribution in [0.5, 0.6) is 0 Å². The molecule has 0 radical (unpaired) electrons. The van der Waals surface area contributed by atoms with Gasteiger partial charge in [-0.1, -0.05) is 54.6 Å². The summed E-state index contributed by atoms with van der Waals surface area (Å²) in [5.41, 5.74) is -1.02. The number of alkyl halides is 3. The van der Waals surface area contributed by atoms with Crippen LogP contribution in [0.3, 0.4) is 0 Å². The number of halogens is 6. The smallest absolute Gasteiger partial charge is 0.238 e. The summed E-state index contributed by atoms with van der Waals surface area (Å²) >= 11 is 6.02. The summed E-state index contributed by atoms with van der Waals surface area (Å²) in [5.74, 6) is 0. The normalized spacial score (nSPS) is 11.6. The minimum atomic E-state index is -5.30. The van der Waals surface area contributed by atoms with Crippen molar-refractivity contribution in [1.82, 2.24) is 4.72 Å². The lowest BCUT2D eigenvalue weighted by Crippen LogP contribution is -2.96. The molecular weight excluding hydrogens is 842 g/mol. The van der Waals surface area contributed by atoms with Crippen LogP contribution in [0.4, 0.5) is 30.2 Å². The van der Waals surface area contributed by atoms with Crippen LogP contribution in [0.25, 0.3) is 0 Å². The van der Waals surface area contributed by atoms with E-state index in [9.17, 15) is 21.6 Å². The maximum atomic E-state index is 12.1. The fourth-order valence-electron chi connectivity index (χ4n) is 3.31. The summed E-state index contributed by atoms with van der Waals surface area (Å²) in [6.45, 7) is -0.382. The molecule has 0 amide bonds. The first-order valence-corrected chi connectivity index (χ1v) is 15.4. The minimum absolute atomic E-state index is 0.382. The summed E-state index contributed by atoms with van der Waals surface area (Å²) in [6.07, 6.45) is 0. The summed E-state index contributed by atoms with van der Waals surface area (Å²) in [5, 5.41) is 0.